The SMILES string of the molecule is CN(C(=O)CN(Cc1ccsc1)C1CC12CCNCC2)C1CC1. The lowest BCUT2D eigenvalue weighted by atomic mass is 9.93. The van der Waals surface area contributed by atoms with Crippen LogP contribution in [0.4, 0.5) is 0 Å². The predicted molar refractivity (Wildman–Crippen MR) is 93.5 cm³/mol. The van der Waals surface area contributed by atoms with Gasteiger partial charge in [0.2, 0.25) is 5.91 Å². The van der Waals surface area contributed by atoms with Crippen molar-refractivity contribution < 1.29 is 4.79 Å². The van der Waals surface area contributed by atoms with Crippen LogP contribution in [-0.2, 0) is 11.3 Å². The highest BCUT2D eigenvalue weighted by molar-refractivity contribution is 7.07. The molecule has 2 aliphatic carbocycles. The van der Waals surface area contributed by atoms with Crippen LogP contribution in [-0.4, -0.2) is 54.5 Å². The molecular formula is C18H27N3OS. The summed E-state index contributed by atoms with van der Waals surface area (Å²) < 4.78 is 0. The summed E-state index contributed by atoms with van der Waals surface area (Å²) in [5, 5.41) is 7.84. The van der Waals surface area contributed by atoms with Crippen LogP contribution in [0.15, 0.2) is 16.8 Å². The number of nitrogens with one attached hydrogen (secondary N) is 1. The van der Waals surface area contributed by atoms with Gasteiger partial charge in [0.15, 0.2) is 0 Å². The summed E-state index contributed by atoms with van der Waals surface area (Å²) in [6.07, 6.45) is 6.19. The Balaban J connectivity index is 1.44. The molecule has 1 aliphatic heterocycles. The molecule has 0 aromatic carbocycles. The normalized spacial score (nSPS) is 25.7. The number of likely N-dealkylation sites (N-methyl/N-ethyl adjacent to an activating group) is 1. The summed E-state index contributed by atoms with van der Waals surface area (Å²) >= 11 is 1.75. The van der Waals surface area contributed by atoms with Crippen LogP contribution in [0.5, 0.6) is 0 Å². The van der Waals surface area contributed by atoms with Crippen molar-refractivity contribution in [3.63, 3.8) is 0 Å². The number of hydrogen-bond acceptors (Lipinski definition) is 4. The van der Waals surface area contributed by atoms with Crippen molar-refractivity contribution in [3.05, 3.63) is 22.4 Å². The number of nitrogens with zero attached hydrogens (tertiary/aromatic N) is 2. The first-order valence-corrected chi connectivity index (χ1v) is 9.84. The maximum Gasteiger partial charge on any atom is 0.236 e. The second-order valence-electron chi connectivity index (χ2n) is 7.60. The van der Waals surface area contributed by atoms with Crippen molar-refractivity contribution in [2.45, 2.75) is 50.7 Å². The van der Waals surface area contributed by atoms with Gasteiger partial charge in [0.05, 0.1) is 6.54 Å². The maximum absolute atomic E-state index is 12.6. The van der Waals surface area contributed by atoms with E-state index in [0.29, 0.717) is 30.0 Å². The third-order valence-electron chi connectivity index (χ3n) is 5.98. The van der Waals surface area contributed by atoms with Gasteiger partial charge in [0.25, 0.3) is 0 Å². The Hall–Kier alpha value is -0.910. The number of amides is 1. The molecule has 0 bridgehead atoms. The van der Waals surface area contributed by atoms with Gasteiger partial charge in [0.1, 0.15) is 0 Å². The van der Waals surface area contributed by atoms with Gasteiger partial charge in [-0.15, -0.1) is 0 Å². The molecule has 3 aliphatic rings. The van der Waals surface area contributed by atoms with Gasteiger partial charge in [-0.3, -0.25) is 9.69 Å². The van der Waals surface area contributed by atoms with Crippen molar-refractivity contribution in [2.24, 2.45) is 5.41 Å². The molecular weight excluding hydrogens is 306 g/mol. The van der Waals surface area contributed by atoms with Gasteiger partial charge in [-0.2, -0.15) is 11.3 Å². The molecule has 1 amide bonds. The molecule has 1 aromatic heterocycles. The molecule has 5 heteroatoms. The third-order valence-corrected chi connectivity index (χ3v) is 6.71. The summed E-state index contributed by atoms with van der Waals surface area (Å²) in [6, 6.07) is 3.31. The molecule has 1 unspecified atom stereocenters. The molecule has 4 rings (SSSR count). The molecule has 126 valence electrons. The van der Waals surface area contributed by atoms with E-state index in [2.05, 4.69) is 27.0 Å². The van der Waals surface area contributed by atoms with E-state index < -0.39 is 0 Å². The molecule has 23 heavy (non-hydrogen) atoms. The van der Waals surface area contributed by atoms with Gasteiger partial charge in [-0.25, -0.2) is 0 Å². The quantitative estimate of drug-likeness (QED) is 0.868. The minimum absolute atomic E-state index is 0.304. The Labute approximate surface area is 142 Å². The highest BCUT2D eigenvalue weighted by Crippen LogP contribution is 2.56. The van der Waals surface area contributed by atoms with E-state index in [4.69, 9.17) is 0 Å². The third kappa shape index (κ3) is 3.32. The molecule has 1 saturated heterocycles. The molecule has 4 nitrogen and oxygen atoms in total. The number of carbonyl (C=O) groups is 1. The predicted octanol–water partition coefficient (Wildman–Crippen LogP) is 2.31. The van der Waals surface area contributed by atoms with Gasteiger partial charge in [-0.05, 0) is 73.0 Å². The van der Waals surface area contributed by atoms with Crippen LogP contribution < -0.4 is 5.32 Å². The van der Waals surface area contributed by atoms with Gasteiger partial charge in [-0.1, -0.05) is 0 Å². The molecule has 1 N–H and O–H groups in total. The van der Waals surface area contributed by atoms with Crippen molar-refractivity contribution in [3.8, 4) is 0 Å². The topological polar surface area (TPSA) is 35.6 Å². The number of carbonyl (C=O) groups excluding carboxylic acids is 1. The van der Waals surface area contributed by atoms with E-state index in [-0.39, 0.29) is 0 Å². The standard InChI is InChI=1S/C18H27N3OS/c1-20(15-2-3-15)17(22)12-21(11-14-4-9-23-13-14)16-10-18(16)5-7-19-8-6-18/h4,9,13,15-16,19H,2-3,5-8,10-12H2,1H3. The zero-order valence-corrected chi connectivity index (χ0v) is 14.8. The zero-order valence-electron chi connectivity index (χ0n) is 14.0. The summed E-state index contributed by atoms with van der Waals surface area (Å²) in [6.45, 7) is 3.79. The molecule has 1 spiro atoms. The highest BCUT2D eigenvalue weighted by atomic mass is 32.1. The lowest BCUT2D eigenvalue weighted by Crippen LogP contribution is -2.42. The van der Waals surface area contributed by atoms with E-state index in [0.717, 1.165) is 19.6 Å². The van der Waals surface area contributed by atoms with E-state index in [9.17, 15) is 4.79 Å². The van der Waals surface area contributed by atoms with Crippen LogP contribution >= 0.6 is 11.3 Å². The second-order valence-corrected chi connectivity index (χ2v) is 8.38. The first-order valence-electron chi connectivity index (χ1n) is 8.89. The first-order chi connectivity index (χ1) is 11.2. The van der Waals surface area contributed by atoms with Crippen LogP contribution in [0.25, 0.3) is 0 Å². The Morgan fingerprint density at radius 1 is 1.39 bits per heavy atom. The van der Waals surface area contributed by atoms with Crippen molar-refractivity contribution in [2.75, 3.05) is 26.7 Å². The Morgan fingerprint density at radius 2 is 2.17 bits per heavy atom. The van der Waals surface area contributed by atoms with Crippen LogP contribution in [0.1, 0.15) is 37.7 Å². The van der Waals surface area contributed by atoms with Crippen molar-refractivity contribution in [1.82, 2.24) is 15.1 Å². The molecule has 0 radical (unpaired) electrons. The monoisotopic (exact) mass is 333 g/mol. The van der Waals surface area contributed by atoms with E-state index in [1.165, 1.54) is 37.7 Å². The fraction of sp³-hybridized carbons (Fsp3) is 0.722. The second kappa shape index (κ2) is 6.19. The number of hydrogen-bond donors (Lipinski definition) is 1. The lowest BCUT2D eigenvalue weighted by molar-refractivity contribution is -0.132. The Morgan fingerprint density at radius 3 is 2.83 bits per heavy atom. The lowest BCUT2D eigenvalue weighted by Gasteiger charge is -2.30. The van der Waals surface area contributed by atoms with Crippen LogP contribution in [0.3, 0.4) is 0 Å². The summed E-state index contributed by atoms with van der Waals surface area (Å²) in [7, 11) is 1.98. The van der Waals surface area contributed by atoms with Gasteiger partial charge in [0, 0.05) is 25.7 Å². The number of rotatable bonds is 6. The van der Waals surface area contributed by atoms with Gasteiger partial charge < -0.3 is 10.2 Å². The molecule has 3 fully saturated rings. The van der Waals surface area contributed by atoms with Crippen LogP contribution in [0, 0.1) is 5.41 Å². The van der Waals surface area contributed by atoms with E-state index in [1.54, 1.807) is 11.3 Å². The van der Waals surface area contributed by atoms with E-state index in [1.807, 2.05) is 11.9 Å². The summed E-state index contributed by atoms with van der Waals surface area (Å²) in [5.74, 6) is 0.304. The van der Waals surface area contributed by atoms with Crippen molar-refractivity contribution in [1.29, 1.82) is 0 Å². The minimum atomic E-state index is 0.304. The first kappa shape index (κ1) is 15.6. The molecule has 1 aromatic rings. The Bertz CT molecular complexity index is 549. The number of thiophene rings is 1. The minimum Gasteiger partial charge on any atom is -0.342 e. The number of piperidine rings is 1. The maximum atomic E-state index is 12.6. The molecule has 1 atom stereocenters. The average Bonchev–Trinajstić information content (AvgIpc) is 3.46. The molecule has 2 heterocycles. The highest BCUT2D eigenvalue weighted by Gasteiger charge is 2.56. The Kier molecular flexibility index (Phi) is 4.20. The van der Waals surface area contributed by atoms with Gasteiger partial charge >= 0.3 is 0 Å². The fourth-order valence-corrected chi connectivity index (χ4v) is 4.81. The summed E-state index contributed by atoms with van der Waals surface area (Å²) in [4.78, 5) is 17.1. The van der Waals surface area contributed by atoms with Crippen LogP contribution in [0.2, 0.25) is 0 Å². The zero-order chi connectivity index (χ0) is 15.9. The fourth-order valence-electron chi connectivity index (χ4n) is 4.15. The van der Waals surface area contributed by atoms with E-state index >= 15 is 0 Å². The largest absolute Gasteiger partial charge is 0.342 e. The molecule has 2 saturated carbocycles. The average molecular weight is 334 g/mol. The summed E-state index contributed by atoms with van der Waals surface area (Å²) in [5.41, 5.74) is 1.84. The van der Waals surface area contributed by atoms with Crippen molar-refractivity contribution >= 4 is 17.2 Å². The smallest absolute Gasteiger partial charge is 0.236 e.